The molecule has 1 N–H and O–H groups in total. The number of anilines is 1. The van der Waals surface area contributed by atoms with Crippen molar-refractivity contribution in [3.8, 4) is 5.75 Å². The first-order valence-corrected chi connectivity index (χ1v) is 5.81. The van der Waals surface area contributed by atoms with E-state index in [2.05, 4.69) is 26.2 Å². The Morgan fingerprint density at radius 2 is 2.06 bits per heavy atom. The second-order valence-electron chi connectivity index (χ2n) is 4.34. The zero-order valence-electron chi connectivity index (χ0n) is 10.2. The van der Waals surface area contributed by atoms with Crippen LogP contribution in [0.5, 0.6) is 5.75 Å². The van der Waals surface area contributed by atoms with E-state index in [1.807, 2.05) is 0 Å². The monoisotopic (exact) mass is 302 g/mol. The molecule has 1 aromatic rings. The number of hydrogen-bond acceptors (Lipinski definition) is 4. The van der Waals surface area contributed by atoms with Gasteiger partial charge in [0.15, 0.2) is 0 Å². The van der Waals surface area contributed by atoms with Gasteiger partial charge in [-0.2, -0.15) is 0 Å². The van der Waals surface area contributed by atoms with Gasteiger partial charge in [0, 0.05) is 12.1 Å². The van der Waals surface area contributed by atoms with Crippen LogP contribution in [0.2, 0.25) is 0 Å². The van der Waals surface area contributed by atoms with Gasteiger partial charge in [-0.1, -0.05) is 0 Å². The molecule has 17 heavy (non-hydrogen) atoms. The Balaban J connectivity index is 2.74. The normalized spacial score (nSPS) is 10.9. The molecule has 0 aromatic carbocycles. The molecule has 94 valence electrons. The molecule has 1 heterocycles. The molecule has 6 heteroatoms. The predicted octanol–water partition coefficient (Wildman–Crippen LogP) is 3.20. The third kappa shape index (κ3) is 5.04. The zero-order chi connectivity index (χ0) is 13.1. The van der Waals surface area contributed by atoms with Gasteiger partial charge in [-0.05, 0) is 36.7 Å². The van der Waals surface area contributed by atoms with Crippen LogP contribution in [0.4, 0.5) is 10.6 Å². The lowest BCUT2D eigenvalue weighted by atomic mass is 10.2. The molecule has 1 aromatic heterocycles. The molecule has 0 saturated heterocycles. The van der Waals surface area contributed by atoms with Crippen molar-refractivity contribution in [2.24, 2.45) is 0 Å². The first-order valence-electron chi connectivity index (χ1n) is 5.02. The molecular weight excluding hydrogens is 288 g/mol. The fourth-order valence-electron chi connectivity index (χ4n) is 1.06. The van der Waals surface area contributed by atoms with Crippen molar-refractivity contribution in [1.29, 1.82) is 0 Å². The summed E-state index contributed by atoms with van der Waals surface area (Å²) in [6.45, 7) is 5.38. The number of aromatic nitrogens is 1. The van der Waals surface area contributed by atoms with Gasteiger partial charge in [0.1, 0.15) is 21.8 Å². The quantitative estimate of drug-likeness (QED) is 0.852. The lowest BCUT2D eigenvalue weighted by Gasteiger charge is -2.19. The van der Waals surface area contributed by atoms with Crippen molar-refractivity contribution < 1.29 is 14.3 Å². The first-order chi connectivity index (χ1) is 7.80. The van der Waals surface area contributed by atoms with Gasteiger partial charge in [0.25, 0.3) is 0 Å². The Labute approximate surface area is 109 Å². The summed E-state index contributed by atoms with van der Waals surface area (Å²) in [4.78, 5) is 15.6. The highest BCUT2D eigenvalue weighted by molar-refractivity contribution is 9.10. The van der Waals surface area contributed by atoms with Crippen molar-refractivity contribution in [2.45, 2.75) is 26.4 Å². The highest BCUT2D eigenvalue weighted by Crippen LogP contribution is 2.21. The third-order valence-corrected chi connectivity index (χ3v) is 2.04. The van der Waals surface area contributed by atoms with Crippen LogP contribution in [0.25, 0.3) is 0 Å². The number of amides is 1. The molecule has 0 aliphatic rings. The maximum Gasteiger partial charge on any atom is 0.413 e. The molecule has 0 saturated carbocycles. The van der Waals surface area contributed by atoms with E-state index in [1.165, 1.54) is 0 Å². The molecular formula is C11H15BrN2O3. The average Bonchev–Trinajstić information content (AvgIpc) is 2.13. The van der Waals surface area contributed by atoms with Gasteiger partial charge < -0.3 is 9.47 Å². The topological polar surface area (TPSA) is 60.5 Å². The predicted molar refractivity (Wildman–Crippen MR) is 68.3 cm³/mol. The number of carbonyl (C=O) groups excluding carboxylic acids is 1. The number of nitrogens with one attached hydrogen (secondary N) is 1. The molecule has 0 unspecified atom stereocenters. The number of halogens is 1. The minimum Gasteiger partial charge on any atom is -0.497 e. The summed E-state index contributed by atoms with van der Waals surface area (Å²) in [7, 11) is 1.54. The molecule has 1 amide bonds. The van der Waals surface area contributed by atoms with Gasteiger partial charge in [0.2, 0.25) is 0 Å². The number of ether oxygens (including phenoxy) is 2. The zero-order valence-corrected chi connectivity index (χ0v) is 11.8. The number of nitrogens with zero attached hydrogens (tertiary/aromatic N) is 1. The Bertz CT molecular complexity index is 416. The van der Waals surface area contributed by atoms with Gasteiger partial charge >= 0.3 is 6.09 Å². The smallest absolute Gasteiger partial charge is 0.413 e. The molecule has 1 rings (SSSR count). The Morgan fingerprint density at radius 1 is 1.41 bits per heavy atom. The number of methoxy groups -OCH3 is 1. The summed E-state index contributed by atoms with van der Waals surface area (Å²) in [5, 5.41) is 2.53. The highest BCUT2D eigenvalue weighted by atomic mass is 79.9. The van der Waals surface area contributed by atoms with Crippen LogP contribution in [0, 0.1) is 0 Å². The Hall–Kier alpha value is -1.30. The van der Waals surface area contributed by atoms with E-state index in [1.54, 1.807) is 40.0 Å². The van der Waals surface area contributed by atoms with E-state index in [9.17, 15) is 4.79 Å². The third-order valence-electron chi connectivity index (χ3n) is 1.63. The van der Waals surface area contributed by atoms with Crippen molar-refractivity contribution in [1.82, 2.24) is 4.98 Å². The largest absolute Gasteiger partial charge is 0.497 e. The minimum absolute atomic E-state index is 0.366. The summed E-state index contributed by atoms with van der Waals surface area (Å²) in [5.74, 6) is 0.961. The van der Waals surface area contributed by atoms with Crippen LogP contribution in [0.3, 0.4) is 0 Å². The van der Waals surface area contributed by atoms with Gasteiger partial charge in [-0.15, -0.1) is 0 Å². The standard InChI is InChI=1S/C11H15BrN2O3/c1-11(2,3)17-10(15)14-9-6-7(16-4)5-8(12)13-9/h5-6H,1-4H3,(H,13,14,15). The Morgan fingerprint density at radius 3 is 2.59 bits per heavy atom. The lowest BCUT2D eigenvalue weighted by molar-refractivity contribution is 0.0635. The number of pyridine rings is 1. The fraction of sp³-hybridized carbons (Fsp3) is 0.455. The number of carbonyl (C=O) groups is 1. The van der Waals surface area contributed by atoms with Crippen LogP contribution in [0.15, 0.2) is 16.7 Å². The maximum atomic E-state index is 11.5. The van der Waals surface area contributed by atoms with Crippen LogP contribution in [-0.4, -0.2) is 23.8 Å². The summed E-state index contributed by atoms with van der Waals surface area (Å²) < 4.78 is 10.7. The van der Waals surface area contributed by atoms with Crippen LogP contribution >= 0.6 is 15.9 Å². The van der Waals surface area contributed by atoms with Gasteiger partial charge in [-0.3, -0.25) is 5.32 Å². The number of rotatable bonds is 2. The van der Waals surface area contributed by atoms with E-state index >= 15 is 0 Å². The van der Waals surface area contributed by atoms with E-state index < -0.39 is 11.7 Å². The van der Waals surface area contributed by atoms with Crippen molar-refractivity contribution in [3.05, 3.63) is 16.7 Å². The summed E-state index contributed by atoms with van der Waals surface area (Å²) in [6, 6.07) is 3.30. The minimum atomic E-state index is -0.551. The van der Waals surface area contributed by atoms with Crippen molar-refractivity contribution in [3.63, 3.8) is 0 Å². The van der Waals surface area contributed by atoms with E-state index in [4.69, 9.17) is 9.47 Å². The fourth-order valence-corrected chi connectivity index (χ4v) is 1.48. The summed E-state index contributed by atoms with van der Waals surface area (Å²) in [5.41, 5.74) is -0.541. The first kappa shape index (κ1) is 13.8. The van der Waals surface area contributed by atoms with Gasteiger partial charge in [-0.25, -0.2) is 9.78 Å². The van der Waals surface area contributed by atoms with Crippen molar-refractivity contribution in [2.75, 3.05) is 12.4 Å². The van der Waals surface area contributed by atoms with E-state index in [0.717, 1.165) is 0 Å². The van der Waals surface area contributed by atoms with Crippen LogP contribution in [-0.2, 0) is 4.74 Å². The maximum absolute atomic E-state index is 11.5. The lowest BCUT2D eigenvalue weighted by Crippen LogP contribution is -2.27. The summed E-state index contributed by atoms with van der Waals surface area (Å²) >= 11 is 3.22. The second-order valence-corrected chi connectivity index (χ2v) is 5.15. The molecule has 0 spiro atoms. The second kappa shape index (κ2) is 5.35. The SMILES string of the molecule is COc1cc(Br)nc(NC(=O)OC(C)(C)C)c1. The molecule has 0 aliphatic heterocycles. The molecule has 0 bridgehead atoms. The molecule has 0 atom stereocenters. The summed E-state index contributed by atoms with van der Waals surface area (Å²) in [6.07, 6.45) is -0.551. The molecule has 0 fully saturated rings. The average molecular weight is 303 g/mol. The Kier molecular flexibility index (Phi) is 4.34. The molecule has 0 radical (unpaired) electrons. The van der Waals surface area contributed by atoms with E-state index in [0.29, 0.717) is 16.2 Å². The van der Waals surface area contributed by atoms with Crippen molar-refractivity contribution >= 4 is 27.8 Å². The molecule has 0 aliphatic carbocycles. The van der Waals surface area contributed by atoms with E-state index in [-0.39, 0.29) is 0 Å². The van der Waals surface area contributed by atoms with Gasteiger partial charge in [0.05, 0.1) is 7.11 Å². The van der Waals surface area contributed by atoms with Crippen LogP contribution < -0.4 is 10.1 Å². The highest BCUT2D eigenvalue weighted by Gasteiger charge is 2.16. The van der Waals surface area contributed by atoms with Crippen LogP contribution in [0.1, 0.15) is 20.8 Å². The number of hydrogen-bond donors (Lipinski definition) is 1. The molecule has 5 nitrogen and oxygen atoms in total.